The number of halogens is 1. The first-order valence-electron chi connectivity index (χ1n) is 9.26. The van der Waals surface area contributed by atoms with E-state index in [1.54, 1.807) is 19.1 Å². The maximum absolute atomic E-state index is 11.6. The number of nitrogens with one attached hydrogen (secondary N) is 1. The summed E-state index contributed by atoms with van der Waals surface area (Å²) in [6.07, 6.45) is 1.21. The zero-order valence-electron chi connectivity index (χ0n) is 15.5. The van der Waals surface area contributed by atoms with Gasteiger partial charge < -0.3 is 15.3 Å². The molecule has 0 bridgehead atoms. The maximum atomic E-state index is 11.6. The van der Waals surface area contributed by atoms with Crippen LogP contribution in [0.4, 0.5) is 5.82 Å². The van der Waals surface area contributed by atoms with Crippen LogP contribution in [0.25, 0.3) is 10.9 Å². The molecule has 6 nitrogen and oxygen atoms in total. The summed E-state index contributed by atoms with van der Waals surface area (Å²) in [5, 5.41) is 14.4. The second kappa shape index (κ2) is 7.73. The van der Waals surface area contributed by atoms with E-state index in [1.807, 2.05) is 30.3 Å². The minimum Gasteiger partial charge on any atom is -0.478 e. The number of rotatable bonds is 6. The number of aromatic carboxylic acids is 1. The van der Waals surface area contributed by atoms with Crippen LogP contribution in [-0.2, 0) is 0 Å². The minimum absolute atomic E-state index is 0.00329. The maximum Gasteiger partial charge on any atom is 0.337 e. The highest BCUT2D eigenvalue weighted by Crippen LogP contribution is 2.29. The Balaban J connectivity index is 1.75. The summed E-state index contributed by atoms with van der Waals surface area (Å²) in [5.41, 5.74) is 1.73. The Morgan fingerprint density at radius 3 is 2.61 bits per heavy atom. The SMILES string of the molecule is Cc1nc(N[C@H](CN2CCC2)c2ccc(Cl)cc2)c2cccc(C(=O)O)c2n1. The van der Waals surface area contributed by atoms with Crippen molar-refractivity contribution in [2.45, 2.75) is 19.4 Å². The molecule has 7 heteroatoms. The predicted octanol–water partition coefficient (Wildman–Crippen LogP) is 4.15. The lowest BCUT2D eigenvalue weighted by Crippen LogP contribution is -2.41. The molecule has 0 saturated carbocycles. The van der Waals surface area contributed by atoms with Gasteiger partial charge in [-0.25, -0.2) is 14.8 Å². The van der Waals surface area contributed by atoms with Gasteiger partial charge in [0, 0.05) is 17.0 Å². The fourth-order valence-electron chi connectivity index (χ4n) is 3.46. The fourth-order valence-corrected chi connectivity index (χ4v) is 3.59. The second-order valence-corrected chi connectivity index (χ2v) is 7.47. The van der Waals surface area contributed by atoms with E-state index in [9.17, 15) is 9.90 Å². The van der Waals surface area contributed by atoms with Gasteiger partial charge in [-0.05, 0) is 56.3 Å². The Morgan fingerprint density at radius 1 is 1.21 bits per heavy atom. The number of likely N-dealkylation sites (tertiary alicyclic amines) is 1. The van der Waals surface area contributed by atoms with Crippen molar-refractivity contribution in [3.05, 3.63) is 64.4 Å². The number of hydrogen-bond acceptors (Lipinski definition) is 5. The average molecular weight is 397 g/mol. The molecule has 3 aromatic rings. The van der Waals surface area contributed by atoms with Gasteiger partial charge in [0.05, 0.1) is 17.1 Å². The second-order valence-electron chi connectivity index (χ2n) is 7.03. The Morgan fingerprint density at radius 2 is 1.96 bits per heavy atom. The summed E-state index contributed by atoms with van der Waals surface area (Å²) in [6.45, 7) is 4.78. The van der Waals surface area contributed by atoms with Gasteiger partial charge in [0.25, 0.3) is 0 Å². The molecule has 1 aliphatic rings. The summed E-state index contributed by atoms with van der Waals surface area (Å²) in [7, 11) is 0. The van der Waals surface area contributed by atoms with Crippen molar-refractivity contribution >= 4 is 34.3 Å². The fraction of sp³-hybridized carbons (Fsp3) is 0.286. The van der Waals surface area contributed by atoms with Crippen molar-refractivity contribution in [2.75, 3.05) is 25.0 Å². The molecule has 1 aromatic heterocycles. The van der Waals surface area contributed by atoms with Crippen LogP contribution in [0, 0.1) is 6.92 Å². The summed E-state index contributed by atoms with van der Waals surface area (Å²) in [6, 6.07) is 12.9. The predicted molar refractivity (Wildman–Crippen MR) is 110 cm³/mol. The molecule has 144 valence electrons. The number of anilines is 1. The highest BCUT2D eigenvalue weighted by atomic mass is 35.5. The quantitative estimate of drug-likeness (QED) is 0.651. The van der Waals surface area contributed by atoms with Crippen LogP contribution in [0.5, 0.6) is 0 Å². The van der Waals surface area contributed by atoms with Crippen LogP contribution in [0.2, 0.25) is 5.02 Å². The third kappa shape index (κ3) is 3.79. The van der Waals surface area contributed by atoms with E-state index in [-0.39, 0.29) is 11.6 Å². The molecule has 28 heavy (non-hydrogen) atoms. The third-order valence-corrected chi connectivity index (χ3v) is 5.29. The number of hydrogen-bond donors (Lipinski definition) is 2. The molecule has 1 saturated heterocycles. The third-order valence-electron chi connectivity index (χ3n) is 5.04. The lowest BCUT2D eigenvalue weighted by Gasteiger charge is -2.35. The summed E-state index contributed by atoms with van der Waals surface area (Å²) >= 11 is 6.06. The zero-order valence-corrected chi connectivity index (χ0v) is 16.3. The molecular weight excluding hydrogens is 376 g/mol. The summed E-state index contributed by atoms with van der Waals surface area (Å²) in [4.78, 5) is 22.9. The monoisotopic (exact) mass is 396 g/mol. The smallest absolute Gasteiger partial charge is 0.337 e. The first-order chi connectivity index (χ1) is 13.5. The molecule has 0 radical (unpaired) electrons. The van der Waals surface area contributed by atoms with Gasteiger partial charge in [-0.2, -0.15) is 0 Å². The van der Waals surface area contributed by atoms with Gasteiger partial charge in [-0.3, -0.25) is 0 Å². The Hall–Kier alpha value is -2.70. The average Bonchev–Trinajstić information content (AvgIpc) is 2.63. The molecule has 0 amide bonds. The Labute approximate surface area is 168 Å². The van der Waals surface area contributed by atoms with Crippen molar-refractivity contribution < 1.29 is 9.90 Å². The molecule has 4 rings (SSSR count). The normalized spacial score (nSPS) is 15.2. The molecule has 2 heterocycles. The number of para-hydroxylation sites is 1. The zero-order chi connectivity index (χ0) is 19.7. The van der Waals surface area contributed by atoms with Gasteiger partial charge in [0.2, 0.25) is 0 Å². The van der Waals surface area contributed by atoms with Gasteiger partial charge in [0.1, 0.15) is 11.6 Å². The van der Waals surface area contributed by atoms with Crippen molar-refractivity contribution in [3.63, 3.8) is 0 Å². The van der Waals surface area contributed by atoms with Crippen molar-refractivity contribution in [2.24, 2.45) is 0 Å². The van der Waals surface area contributed by atoms with Crippen molar-refractivity contribution in [1.82, 2.24) is 14.9 Å². The van der Waals surface area contributed by atoms with E-state index < -0.39 is 5.97 Å². The number of fused-ring (bicyclic) bond motifs is 1. The highest BCUT2D eigenvalue weighted by Gasteiger charge is 2.22. The van der Waals surface area contributed by atoms with Crippen LogP contribution in [-0.4, -0.2) is 45.6 Å². The largest absolute Gasteiger partial charge is 0.478 e. The standard InChI is InChI=1S/C21H21ClN4O2/c1-13-23-19-16(4-2-5-17(19)21(27)28)20(24-13)25-18(12-26-10-3-11-26)14-6-8-15(22)9-7-14/h2,4-9,18H,3,10-12H2,1H3,(H,27,28)(H,23,24,25)/t18-/m1/s1. The van der Waals surface area contributed by atoms with Gasteiger partial charge in [-0.1, -0.05) is 29.8 Å². The van der Waals surface area contributed by atoms with E-state index in [0.29, 0.717) is 27.6 Å². The van der Waals surface area contributed by atoms with Crippen LogP contribution in [0.3, 0.4) is 0 Å². The van der Waals surface area contributed by atoms with Gasteiger partial charge >= 0.3 is 5.97 Å². The topological polar surface area (TPSA) is 78.4 Å². The van der Waals surface area contributed by atoms with E-state index in [0.717, 1.165) is 25.2 Å². The Bertz CT molecular complexity index is 1020. The van der Waals surface area contributed by atoms with E-state index in [4.69, 9.17) is 11.6 Å². The number of nitrogens with zero attached hydrogens (tertiary/aromatic N) is 3. The number of benzene rings is 2. The lowest BCUT2D eigenvalue weighted by molar-refractivity contribution is 0.0699. The van der Waals surface area contributed by atoms with Crippen molar-refractivity contribution in [1.29, 1.82) is 0 Å². The number of carboxylic acid groups (broad SMARTS) is 1. The molecule has 0 spiro atoms. The van der Waals surface area contributed by atoms with Crippen LogP contribution in [0.1, 0.15) is 34.2 Å². The first kappa shape index (κ1) is 18.7. The number of carboxylic acids is 1. The van der Waals surface area contributed by atoms with E-state index >= 15 is 0 Å². The molecule has 2 N–H and O–H groups in total. The van der Waals surface area contributed by atoms with Crippen LogP contribution >= 0.6 is 11.6 Å². The molecule has 0 aliphatic carbocycles. The van der Waals surface area contributed by atoms with Gasteiger partial charge in [-0.15, -0.1) is 0 Å². The van der Waals surface area contributed by atoms with Crippen molar-refractivity contribution in [3.8, 4) is 0 Å². The number of carbonyl (C=O) groups is 1. The number of aromatic nitrogens is 2. The van der Waals surface area contributed by atoms with E-state index in [1.165, 1.54) is 6.42 Å². The van der Waals surface area contributed by atoms with Crippen LogP contribution in [0.15, 0.2) is 42.5 Å². The van der Waals surface area contributed by atoms with E-state index in [2.05, 4.69) is 20.2 Å². The first-order valence-corrected chi connectivity index (χ1v) is 9.64. The highest BCUT2D eigenvalue weighted by molar-refractivity contribution is 6.30. The number of aryl methyl sites for hydroxylation is 1. The van der Waals surface area contributed by atoms with Gasteiger partial charge in [0.15, 0.2) is 0 Å². The van der Waals surface area contributed by atoms with Crippen LogP contribution < -0.4 is 5.32 Å². The minimum atomic E-state index is -0.996. The molecule has 1 fully saturated rings. The Kier molecular flexibility index (Phi) is 5.15. The summed E-state index contributed by atoms with van der Waals surface area (Å²) in [5.74, 6) is 0.179. The molecule has 2 aromatic carbocycles. The molecule has 1 atom stereocenters. The molecule has 0 unspecified atom stereocenters. The lowest BCUT2D eigenvalue weighted by atomic mass is 10.0. The molecule has 1 aliphatic heterocycles. The summed E-state index contributed by atoms with van der Waals surface area (Å²) < 4.78 is 0. The molecular formula is C21H21ClN4O2.